The minimum Gasteiger partial charge on any atom is -0.329 e. The summed E-state index contributed by atoms with van der Waals surface area (Å²) in [5.41, 5.74) is 8.08. The summed E-state index contributed by atoms with van der Waals surface area (Å²) in [6.45, 7) is 7.23. The van der Waals surface area contributed by atoms with E-state index in [0.29, 0.717) is 0 Å². The van der Waals surface area contributed by atoms with Crippen molar-refractivity contribution in [2.75, 3.05) is 39.3 Å². The predicted octanol–water partition coefficient (Wildman–Crippen LogP) is 1.04. The van der Waals surface area contributed by atoms with E-state index in [4.69, 9.17) is 10.8 Å². The Labute approximate surface area is 126 Å². The van der Waals surface area contributed by atoms with Gasteiger partial charge < -0.3 is 10.6 Å². The largest absolute Gasteiger partial charge is 0.329 e. The van der Waals surface area contributed by atoms with Gasteiger partial charge in [-0.1, -0.05) is 18.2 Å². The van der Waals surface area contributed by atoms with E-state index in [1.54, 1.807) is 0 Å². The molecule has 2 heterocycles. The van der Waals surface area contributed by atoms with Crippen molar-refractivity contribution in [3.8, 4) is 0 Å². The van der Waals surface area contributed by atoms with Gasteiger partial charge in [-0.05, 0) is 25.6 Å². The number of aryl methyl sites for hydroxylation is 1. The van der Waals surface area contributed by atoms with Crippen LogP contribution in [0.15, 0.2) is 24.3 Å². The van der Waals surface area contributed by atoms with Crippen LogP contribution in [0.2, 0.25) is 0 Å². The molecule has 1 aromatic heterocycles. The van der Waals surface area contributed by atoms with Gasteiger partial charge in [-0.2, -0.15) is 5.10 Å². The molecule has 2 aromatic rings. The molecule has 1 aliphatic heterocycles. The van der Waals surface area contributed by atoms with Crippen LogP contribution in [0.1, 0.15) is 12.1 Å². The second kappa shape index (κ2) is 6.56. The maximum absolute atomic E-state index is 5.67. The van der Waals surface area contributed by atoms with Crippen LogP contribution in [0.3, 0.4) is 0 Å². The molecule has 5 heteroatoms. The highest BCUT2D eigenvalue weighted by Gasteiger charge is 2.17. The number of nitrogens with zero attached hydrogens (tertiary/aromatic N) is 4. The van der Waals surface area contributed by atoms with Gasteiger partial charge in [0.1, 0.15) is 0 Å². The molecule has 1 aromatic carbocycles. The summed E-state index contributed by atoms with van der Waals surface area (Å²) < 4.78 is 1.99. The van der Waals surface area contributed by atoms with E-state index < -0.39 is 0 Å². The van der Waals surface area contributed by atoms with E-state index in [1.807, 2.05) is 11.7 Å². The van der Waals surface area contributed by atoms with Gasteiger partial charge in [0, 0.05) is 45.2 Å². The summed E-state index contributed by atoms with van der Waals surface area (Å²) in [4.78, 5) is 4.99. The Morgan fingerprint density at radius 2 is 1.86 bits per heavy atom. The number of fused-ring (bicyclic) bond motifs is 1. The molecule has 3 rings (SSSR count). The first-order chi connectivity index (χ1) is 10.3. The second-order valence-electron chi connectivity index (χ2n) is 5.85. The van der Waals surface area contributed by atoms with Crippen LogP contribution in [-0.4, -0.2) is 58.8 Å². The lowest BCUT2D eigenvalue weighted by molar-refractivity contribution is 0.253. The number of nitrogens with two attached hydrogens (primary N) is 1. The first-order valence-electron chi connectivity index (χ1n) is 7.83. The third kappa shape index (κ3) is 3.26. The fourth-order valence-electron chi connectivity index (χ4n) is 3.21. The molecule has 0 unspecified atom stereocenters. The number of aromatic nitrogens is 2. The number of rotatable bonds is 4. The topological polar surface area (TPSA) is 50.3 Å². The predicted molar refractivity (Wildman–Crippen MR) is 86.1 cm³/mol. The van der Waals surface area contributed by atoms with Crippen LogP contribution < -0.4 is 5.73 Å². The van der Waals surface area contributed by atoms with Crippen LogP contribution in [-0.2, 0) is 13.6 Å². The zero-order chi connectivity index (χ0) is 14.7. The molecule has 0 saturated carbocycles. The zero-order valence-electron chi connectivity index (χ0n) is 12.8. The molecule has 1 saturated heterocycles. The van der Waals surface area contributed by atoms with Crippen molar-refractivity contribution < 1.29 is 0 Å². The second-order valence-corrected chi connectivity index (χ2v) is 5.85. The quantitative estimate of drug-likeness (QED) is 0.913. The van der Waals surface area contributed by atoms with E-state index in [1.165, 1.54) is 23.0 Å². The van der Waals surface area contributed by atoms with Crippen molar-refractivity contribution in [1.82, 2.24) is 19.6 Å². The number of hydrogen-bond donors (Lipinski definition) is 1. The Kier molecular flexibility index (Phi) is 4.53. The minimum absolute atomic E-state index is 0.755. The van der Waals surface area contributed by atoms with E-state index in [-0.39, 0.29) is 0 Å². The lowest BCUT2D eigenvalue weighted by atomic mass is 10.2. The Bertz CT molecular complexity index is 591. The van der Waals surface area contributed by atoms with Gasteiger partial charge in [0.2, 0.25) is 0 Å². The highest BCUT2D eigenvalue weighted by molar-refractivity contribution is 5.81. The van der Waals surface area contributed by atoms with Gasteiger partial charge in [-0.15, -0.1) is 0 Å². The van der Waals surface area contributed by atoms with Crippen LogP contribution in [0.25, 0.3) is 10.9 Å². The zero-order valence-corrected chi connectivity index (χ0v) is 12.8. The third-order valence-corrected chi connectivity index (χ3v) is 4.33. The summed E-state index contributed by atoms with van der Waals surface area (Å²) >= 11 is 0. The molecule has 114 valence electrons. The van der Waals surface area contributed by atoms with E-state index in [2.05, 4.69) is 34.1 Å². The Balaban J connectivity index is 1.71. The Hall–Kier alpha value is -1.43. The van der Waals surface area contributed by atoms with Crippen molar-refractivity contribution in [2.45, 2.75) is 13.0 Å². The standard InChI is InChI=1S/C16H25N5/c1-19-16-6-3-2-5-14(16)15(18-19)13-21-9-4-8-20(10-7-17)11-12-21/h2-3,5-6H,4,7-13,17H2,1H3. The summed E-state index contributed by atoms with van der Waals surface area (Å²) in [6.07, 6.45) is 1.21. The average Bonchev–Trinajstić information content (AvgIpc) is 2.67. The van der Waals surface area contributed by atoms with Crippen LogP contribution >= 0.6 is 0 Å². The van der Waals surface area contributed by atoms with E-state index in [0.717, 1.165) is 45.8 Å². The molecule has 1 fully saturated rings. The summed E-state index contributed by atoms with van der Waals surface area (Å²) in [6, 6.07) is 8.48. The molecule has 0 bridgehead atoms. The van der Waals surface area contributed by atoms with Crippen molar-refractivity contribution >= 4 is 10.9 Å². The van der Waals surface area contributed by atoms with Crippen LogP contribution in [0.4, 0.5) is 0 Å². The monoisotopic (exact) mass is 287 g/mol. The first-order valence-corrected chi connectivity index (χ1v) is 7.83. The van der Waals surface area contributed by atoms with Crippen LogP contribution in [0.5, 0.6) is 0 Å². The smallest absolute Gasteiger partial charge is 0.0843 e. The van der Waals surface area contributed by atoms with Gasteiger partial charge in [-0.25, -0.2) is 0 Å². The van der Waals surface area contributed by atoms with Gasteiger partial charge in [0.25, 0.3) is 0 Å². The van der Waals surface area contributed by atoms with Gasteiger partial charge in [0.05, 0.1) is 11.2 Å². The molecule has 0 aliphatic carbocycles. The fourth-order valence-corrected chi connectivity index (χ4v) is 3.21. The molecule has 0 radical (unpaired) electrons. The molecule has 0 amide bonds. The molecular weight excluding hydrogens is 262 g/mol. The maximum atomic E-state index is 5.67. The molecule has 0 spiro atoms. The molecule has 5 nitrogen and oxygen atoms in total. The lowest BCUT2D eigenvalue weighted by Crippen LogP contribution is -2.33. The summed E-state index contributed by atoms with van der Waals surface area (Å²) in [7, 11) is 2.03. The Morgan fingerprint density at radius 1 is 1.10 bits per heavy atom. The fraction of sp³-hybridized carbons (Fsp3) is 0.562. The summed E-state index contributed by atoms with van der Waals surface area (Å²) in [5.74, 6) is 0. The molecule has 21 heavy (non-hydrogen) atoms. The van der Waals surface area contributed by atoms with Gasteiger partial charge in [-0.3, -0.25) is 9.58 Å². The van der Waals surface area contributed by atoms with Gasteiger partial charge in [0.15, 0.2) is 0 Å². The van der Waals surface area contributed by atoms with Crippen molar-refractivity contribution in [3.05, 3.63) is 30.0 Å². The SMILES string of the molecule is Cn1nc(CN2CCCN(CCN)CC2)c2ccccc21. The number of para-hydroxylation sites is 1. The molecule has 2 N–H and O–H groups in total. The molecule has 0 atom stereocenters. The highest BCUT2D eigenvalue weighted by atomic mass is 15.3. The third-order valence-electron chi connectivity index (χ3n) is 4.33. The maximum Gasteiger partial charge on any atom is 0.0843 e. The van der Waals surface area contributed by atoms with E-state index in [9.17, 15) is 0 Å². The van der Waals surface area contributed by atoms with E-state index >= 15 is 0 Å². The number of benzene rings is 1. The first kappa shape index (κ1) is 14.5. The molecule has 1 aliphatic rings. The lowest BCUT2D eigenvalue weighted by Gasteiger charge is -2.20. The van der Waals surface area contributed by atoms with Crippen molar-refractivity contribution in [1.29, 1.82) is 0 Å². The van der Waals surface area contributed by atoms with Crippen molar-refractivity contribution in [3.63, 3.8) is 0 Å². The minimum atomic E-state index is 0.755. The highest BCUT2D eigenvalue weighted by Crippen LogP contribution is 2.19. The van der Waals surface area contributed by atoms with Crippen molar-refractivity contribution in [2.24, 2.45) is 12.8 Å². The Morgan fingerprint density at radius 3 is 2.71 bits per heavy atom. The van der Waals surface area contributed by atoms with Crippen LogP contribution in [0, 0.1) is 0 Å². The summed E-state index contributed by atoms with van der Waals surface area (Å²) in [5, 5.41) is 5.99. The van der Waals surface area contributed by atoms with Gasteiger partial charge >= 0.3 is 0 Å². The normalized spacial score (nSPS) is 18.2. The average molecular weight is 287 g/mol. The number of hydrogen-bond acceptors (Lipinski definition) is 4. The molecular formula is C16H25N5.